The van der Waals surface area contributed by atoms with E-state index in [4.69, 9.17) is 10.5 Å². The molecule has 0 aliphatic heterocycles. The molecule has 14 heavy (non-hydrogen) atoms. The molecule has 76 valence electrons. The van der Waals surface area contributed by atoms with E-state index >= 15 is 0 Å². The number of aliphatic imine (C=N–C) groups is 1. The Bertz CT molecular complexity index is 317. The molecule has 0 amide bonds. The Morgan fingerprint density at radius 3 is 2.93 bits per heavy atom. The van der Waals surface area contributed by atoms with Crippen molar-refractivity contribution in [3.63, 3.8) is 0 Å². The highest BCUT2D eigenvalue weighted by Gasteiger charge is 1.92. The van der Waals surface area contributed by atoms with Crippen molar-refractivity contribution in [3.8, 4) is 5.75 Å². The van der Waals surface area contributed by atoms with Gasteiger partial charge in [0.1, 0.15) is 12.4 Å². The summed E-state index contributed by atoms with van der Waals surface area (Å²) in [6.45, 7) is 4.98. The lowest BCUT2D eigenvalue weighted by Crippen LogP contribution is -2.09. The number of aryl methyl sites for hydroxylation is 1. The van der Waals surface area contributed by atoms with Gasteiger partial charge in [-0.05, 0) is 31.5 Å². The second kappa shape index (κ2) is 5.27. The first-order valence-corrected chi connectivity index (χ1v) is 4.64. The lowest BCUT2D eigenvalue weighted by atomic mass is 10.2. The van der Waals surface area contributed by atoms with Gasteiger partial charge in [0.2, 0.25) is 0 Å². The Kier molecular flexibility index (Phi) is 3.98. The second-order valence-corrected chi connectivity index (χ2v) is 3.19. The molecule has 0 aromatic heterocycles. The number of ether oxygens (including phenoxy) is 1. The van der Waals surface area contributed by atoms with E-state index < -0.39 is 0 Å². The van der Waals surface area contributed by atoms with Crippen molar-refractivity contribution in [1.82, 2.24) is 0 Å². The van der Waals surface area contributed by atoms with Crippen molar-refractivity contribution in [3.05, 3.63) is 29.8 Å². The minimum Gasteiger partial charge on any atom is -0.492 e. The van der Waals surface area contributed by atoms with Crippen LogP contribution in [0.5, 0.6) is 5.75 Å². The number of rotatable bonds is 4. The SMILES string of the molecule is CC(N)=NCCOc1cccc(C)c1. The molecular formula is C11H16N2O. The van der Waals surface area contributed by atoms with E-state index in [1.165, 1.54) is 5.56 Å². The minimum atomic E-state index is 0.567. The van der Waals surface area contributed by atoms with Gasteiger partial charge in [0, 0.05) is 0 Å². The van der Waals surface area contributed by atoms with Gasteiger partial charge in [0.15, 0.2) is 0 Å². The third kappa shape index (κ3) is 3.94. The van der Waals surface area contributed by atoms with Crippen LogP contribution in [0.2, 0.25) is 0 Å². The zero-order chi connectivity index (χ0) is 10.4. The van der Waals surface area contributed by atoms with Crippen LogP contribution in [-0.2, 0) is 0 Å². The number of nitrogens with zero attached hydrogens (tertiary/aromatic N) is 1. The largest absolute Gasteiger partial charge is 0.492 e. The Morgan fingerprint density at radius 2 is 2.29 bits per heavy atom. The van der Waals surface area contributed by atoms with Gasteiger partial charge in [-0.3, -0.25) is 4.99 Å². The van der Waals surface area contributed by atoms with Crippen LogP contribution in [0.15, 0.2) is 29.3 Å². The molecule has 1 aromatic rings. The summed E-state index contributed by atoms with van der Waals surface area (Å²) in [6, 6.07) is 7.95. The number of benzene rings is 1. The lowest BCUT2D eigenvalue weighted by molar-refractivity contribution is 0.328. The first kappa shape index (κ1) is 10.6. The van der Waals surface area contributed by atoms with Gasteiger partial charge in [-0.1, -0.05) is 12.1 Å². The molecule has 0 bridgehead atoms. The molecule has 0 heterocycles. The highest BCUT2D eigenvalue weighted by atomic mass is 16.5. The average molecular weight is 192 g/mol. The van der Waals surface area contributed by atoms with E-state index in [0.29, 0.717) is 19.0 Å². The summed E-state index contributed by atoms with van der Waals surface area (Å²) in [6.07, 6.45) is 0. The quantitative estimate of drug-likeness (QED) is 0.449. The van der Waals surface area contributed by atoms with Gasteiger partial charge in [0.25, 0.3) is 0 Å². The Labute approximate surface area is 84.6 Å². The van der Waals surface area contributed by atoms with E-state index in [1.54, 1.807) is 6.92 Å². The number of nitrogens with two attached hydrogens (primary N) is 1. The maximum Gasteiger partial charge on any atom is 0.119 e. The van der Waals surface area contributed by atoms with Crippen LogP contribution in [0.3, 0.4) is 0 Å². The average Bonchev–Trinajstić information content (AvgIpc) is 2.12. The summed E-state index contributed by atoms with van der Waals surface area (Å²) in [7, 11) is 0. The molecule has 0 saturated carbocycles. The minimum absolute atomic E-state index is 0.567. The molecule has 2 N–H and O–H groups in total. The summed E-state index contributed by atoms with van der Waals surface area (Å²) in [4.78, 5) is 4.03. The Morgan fingerprint density at radius 1 is 1.50 bits per heavy atom. The van der Waals surface area contributed by atoms with Crippen molar-refractivity contribution in [2.75, 3.05) is 13.2 Å². The maximum absolute atomic E-state index is 5.47. The Hall–Kier alpha value is -1.51. The Balaban J connectivity index is 2.35. The molecule has 3 heteroatoms. The van der Waals surface area contributed by atoms with E-state index in [1.807, 2.05) is 31.2 Å². The maximum atomic E-state index is 5.47. The highest BCUT2D eigenvalue weighted by molar-refractivity contribution is 5.77. The summed E-state index contributed by atoms with van der Waals surface area (Å²) < 4.78 is 5.47. The van der Waals surface area contributed by atoms with Gasteiger partial charge in [0.05, 0.1) is 12.4 Å². The monoisotopic (exact) mass is 192 g/mol. The fraction of sp³-hybridized carbons (Fsp3) is 0.364. The standard InChI is InChI=1S/C11H16N2O/c1-9-4-3-5-11(8-9)14-7-6-13-10(2)12/h3-5,8H,6-7H2,1-2H3,(H2,12,13). The van der Waals surface area contributed by atoms with Crippen LogP contribution in [0, 0.1) is 6.92 Å². The second-order valence-electron chi connectivity index (χ2n) is 3.19. The van der Waals surface area contributed by atoms with E-state index in [2.05, 4.69) is 4.99 Å². The third-order valence-electron chi connectivity index (χ3n) is 1.71. The van der Waals surface area contributed by atoms with Gasteiger partial charge in [-0.25, -0.2) is 0 Å². The lowest BCUT2D eigenvalue weighted by Gasteiger charge is -2.04. The molecule has 1 rings (SSSR count). The van der Waals surface area contributed by atoms with E-state index in [9.17, 15) is 0 Å². The molecule has 3 nitrogen and oxygen atoms in total. The molecule has 1 aromatic carbocycles. The molecule has 0 aliphatic rings. The first-order chi connectivity index (χ1) is 6.68. The summed E-state index contributed by atoms with van der Waals surface area (Å²) in [5, 5.41) is 0. The number of hydrogen-bond donors (Lipinski definition) is 1. The van der Waals surface area contributed by atoms with Crippen LogP contribution in [0.4, 0.5) is 0 Å². The van der Waals surface area contributed by atoms with Crippen LogP contribution < -0.4 is 10.5 Å². The number of hydrogen-bond acceptors (Lipinski definition) is 2. The predicted octanol–water partition coefficient (Wildman–Crippen LogP) is 1.75. The normalized spacial score (nSPS) is 11.4. The topological polar surface area (TPSA) is 47.6 Å². The molecule has 0 spiro atoms. The van der Waals surface area contributed by atoms with Gasteiger partial charge < -0.3 is 10.5 Å². The molecular weight excluding hydrogens is 176 g/mol. The van der Waals surface area contributed by atoms with Crippen LogP contribution >= 0.6 is 0 Å². The molecule has 0 radical (unpaired) electrons. The predicted molar refractivity (Wildman–Crippen MR) is 58.8 cm³/mol. The zero-order valence-corrected chi connectivity index (χ0v) is 8.66. The van der Waals surface area contributed by atoms with Gasteiger partial charge in [-0.15, -0.1) is 0 Å². The summed E-state index contributed by atoms with van der Waals surface area (Å²) in [5.41, 5.74) is 6.59. The first-order valence-electron chi connectivity index (χ1n) is 4.64. The van der Waals surface area contributed by atoms with Crippen molar-refractivity contribution < 1.29 is 4.74 Å². The molecule has 0 aliphatic carbocycles. The summed E-state index contributed by atoms with van der Waals surface area (Å²) >= 11 is 0. The van der Waals surface area contributed by atoms with Gasteiger partial charge >= 0.3 is 0 Å². The van der Waals surface area contributed by atoms with E-state index in [-0.39, 0.29) is 0 Å². The van der Waals surface area contributed by atoms with Crippen molar-refractivity contribution >= 4 is 5.84 Å². The van der Waals surface area contributed by atoms with Crippen molar-refractivity contribution in [2.45, 2.75) is 13.8 Å². The third-order valence-corrected chi connectivity index (χ3v) is 1.71. The number of amidine groups is 1. The van der Waals surface area contributed by atoms with E-state index in [0.717, 1.165) is 5.75 Å². The van der Waals surface area contributed by atoms with Crippen LogP contribution in [-0.4, -0.2) is 19.0 Å². The molecule has 0 fully saturated rings. The van der Waals surface area contributed by atoms with Gasteiger partial charge in [-0.2, -0.15) is 0 Å². The summed E-state index contributed by atoms with van der Waals surface area (Å²) in [5.74, 6) is 1.48. The van der Waals surface area contributed by atoms with Crippen LogP contribution in [0.1, 0.15) is 12.5 Å². The molecule has 0 atom stereocenters. The molecule has 0 saturated heterocycles. The smallest absolute Gasteiger partial charge is 0.119 e. The fourth-order valence-electron chi connectivity index (χ4n) is 1.09. The fourth-order valence-corrected chi connectivity index (χ4v) is 1.09. The van der Waals surface area contributed by atoms with Crippen molar-refractivity contribution in [1.29, 1.82) is 0 Å². The zero-order valence-electron chi connectivity index (χ0n) is 8.66. The highest BCUT2D eigenvalue weighted by Crippen LogP contribution is 2.11. The molecule has 0 unspecified atom stereocenters. The van der Waals surface area contributed by atoms with Crippen LogP contribution in [0.25, 0.3) is 0 Å². The van der Waals surface area contributed by atoms with Crippen molar-refractivity contribution in [2.24, 2.45) is 10.7 Å².